The van der Waals surface area contributed by atoms with Crippen LogP contribution in [0.25, 0.3) is 0 Å². The van der Waals surface area contributed by atoms with Gasteiger partial charge in [0, 0.05) is 36.4 Å². The molecule has 0 aliphatic rings. The molecule has 4 rings (SSSR count). The Hall–Kier alpha value is -5.30. The van der Waals surface area contributed by atoms with E-state index in [0.717, 1.165) is 72.5 Å². The lowest BCUT2D eigenvalue weighted by Gasteiger charge is -2.24. The Balaban J connectivity index is 0.000000985. The van der Waals surface area contributed by atoms with Crippen LogP contribution >= 0.6 is 0 Å². The molecule has 0 amide bonds. The first-order valence-corrected chi connectivity index (χ1v) is 24.8. The van der Waals surface area contributed by atoms with E-state index in [9.17, 15) is 9.90 Å². The van der Waals surface area contributed by atoms with Crippen LogP contribution in [-0.2, 0) is 10.9 Å². The number of rotatable bonds is 31. The van der Waals surface area contributed by atoms with Gasteiger partial charge >= 0.3 is 5.97 Å². The normalized spacial score (nSPS) is 10.7. The molecule has 13 heteroatoms. The van der Waals surface area contributed by atoms with Crippen molar-refractivity contribution in [2.75, 3.05) is 59.5 Å². The first kappa shape index (κ1) is 54.0. The highest BCUT2D eigenvalue weighted by Crippen LogP contribution is 2.55. The van der Waals surface area contributed by atoms with E-state index in [1.54, 1.807) is 0 Å². The van der Waals surface area contributed by atoms with Crippen LogP contribution in [0.2, 0.25) is 0 Å². The van der Waals surface area contributed by atoms with E-state index in [2.05, 4.69) is 62.3 Å². The number of ether oxygens (including phenoxy) is 9. The highest BCUT2D eigenvalue weighted by Gasteiger charge is 2.47. The highest BCUT2D eigenvalue weighted by molar-refractivity contribution is 7.97. The molecule has 4 aromatic rings. The van der Waals surface area contributed by atoms with Gasteiger partial charge in [0.1, 0.15) is 28.1 Å². The summed E-state index contributed by atoms with van der Waals surface area (Å²) in [6.07, 6.45) is 7.50. The standard InChI is InChI=1S/C45H69O9S.C7H6O3/c1-10-19-46-34-28-37(49-22-13-4)43(38(29-34)50-23-14-5)55(44-39(51-24-15-6)30-35(47-20-11-2)31-40(44)52-25-16-7)45-41(53-26-17-8)32-36(48-21-12-3)33-42(45)54-27-18-9;8-6-4-2-1-3-5(6)7(9)10/h28-33H,10-27H2,1-9H3;1-4,8H,(H,9,10)/q+1;/p-1. The summed E-state index contributed by atoms with van der Waals surface area (Å²) in [4.78, 5) is 12.7. The molecular weight excluding hydrogens is 849 g/mol. The predicted molar refractivity (Wildman–Crippen MR) is 256 cm³/mol. The van der Waals surface area contributed by atoms with Crippen molar-refractivity contribution >= 4 is 16.9 Å². The lowest BCUT2D eigenvalue weighted by Crippen LogP contribution is -2.17. The van der Waals surface area contributed by atoms with E-state index >= 15 is 0 Å². The van der Waals surface area contributed by atoms with Gasteiger partial charge in [0.05, 0.1) is 65.0 Å². The number of carboxylic acids is 1. The van der Waals surface area contributed by atoms with Crippen LogP contribution < -0.4 is 47.7 Å². The fraction of sp³-hybridized carbons (Fsp3) is 0.519. The van der Waals surface area contributed by atoms with Crippen molar-refractivity contribution in [2.45, 2.75) is 135 Å². The summed E-state index contributed by atoms with van der Waals surface area (Å²) in [5.41, 5.74) is -0.178. The molecule has 0 fully saturated rings. The molecule has 0 bridgehead atoms. The Morgan fingerprint density at radius 2 is 0.646 bits per heavy atom. The summed E-state index contributed by atoms with van der Waals surface area (Å²) in [6.45, 7) is 23.6. The summed E-state index contributed by atoms with van der Waals surface area (Å²) in [7, 11) is -1.06. The Kier molecular flexibility index (Phi) is 25.6. The SMILES string of the molecule is CCCOc1cc(OCCC)c([S+](c2c(OCCC)cc(OCCC)cc2OCCC)c2c(OCCC)cc(OCCC)cc2OCCC)c(OCCC)c1.O=C(O)c1ccccc1[O-]. The first-order valence-electron chi connectivity index (χ1n) is 23.6. The Morgan fingerprint density at radius 3 is 0.846 bits per heavy atom. The van der Waals surface area contributed by atoms with E-state index in [-0.39, 0.29) is 5.56 Å². The van der Waals surface area contributed by atoms with Crippen molar-refractivity contribution in [3.05, 3.63) is 66.2 Å². The zero-order valence-electron chi connectivity index (χ0n) is 40.3. The third-order valence-electron chi connectivity index (χ3n) is 8.90. The van der Waals surface area contributed by atoms with Gasteiger partial charge in [-0.25, -0.2) is 4.79 Å². The fourth-order valence-corrected chi connectivity index (χ4v) is 8.56. The van der Waals surface area contributed by atoms with E-state index in [4.69, 9.17) is 47.7 Å². The third kappa shape index (κ3) is 16.9. The smallest absolute Gasteiger partial charge is 0.335 e. The zero-order valence-corrected chi connectivity index (χ0v) is 41.2. The second-order valence-corrected chi connectivity index (χ2v) is 16.8. The van der Waals surface area contributed by atoms with Gasteiger partial charge < -0.3 is 52.8 Å². The number of hydrogen-bond acceptors (Lipinski definition) is 11. The molecule has 0 heterocycles. The minimum absolute atomic E-state index is 0.178. The number of para-hydroxylation sites is 1. The van der Waals surface area contributed by atoms with Crippen molar-refractivity contribution in [2.24, 2.45) is 0 Å². The second-order valence-electron chi connectivity index (χ2n) is 15.0. The van der Waals surface area contributed by atoms with Crippen LogP contribution in [0.15, 0.2) is 75.4 Å². The maximum absolute atomic E-state index is 10.7. The van der Waals surface area contributed by atoms with Crippen LogP contribution in [0.1, 0.15) is 130 Å². The molecular formula is C52H74O12S. The topological polar surface area (TPSA) is 143 Å². The predicted octanol–water partition coefficient (Wildman–Crippen LogP) is 12.3. The van der Waals surface area contributed by atoms with Gasteiger partial charge in [-0.3, -0.25) is 0 Å². The van der Waals surface area contributed by atoms with E-state index in [0.29, 0.717) is 111 Å². The zero-order chi connectivity index (χ0) is 47.4. The highest BCUT2D eigenvalue weighted by atomic mass is 32.2. The Bertz CT molecular complexity index is 1720. The number of carboxylic acid groups (broad SMARTS) is 1. The number of hydrogen-bond donors (Lipinski definition) is 1. The molecule has 0 spiro atoms. The Labute approximate surface area is 391 Å². The van der Waals surface area contributed by atoms with Crippen LogP contribution in [0, 0.1) is 0 Å². The summed E-state index contributed by atoms with van der Waals surface area (Å²) in [5, 5.41) is 19.0. The molecule has 0 radical (unpaired) electrons. The quantitative estimate of drug-likeness (QED) is 0.0480. The van der Waals surface area contributed by atoms with Gasteiger partial charge in [-0.15, -0.1) is 0 Å². The maximum Gasteiger partial charge on any atom is 0.335 e. The van der Waals surface area contributed by atoms with Gasteiger partial charge in [0.15, 0.2) is 34.5 Å². The fourth-order valence-electron chi connectivity index (χ4n) is 6.04. The second kappa shape index (κ2) is 30.8. The summed E-state index contributed by atoms with van der Waals surface area (Å²) < 4.78 is 59.1. The minimum Gasteiger partial charge on any atom is -0.872 e. The molecule has 1 N–H and O–H groups in total. The molecule has 0 aliphatic heterocycles. The molecule has 0 atom stereocenters. The molecule has 4 aromatic carbocycles. The summed E-state index contributed by atoms with van der Waals surface area (Å²) in [5.74, 6) is 4.40. The Morgan fingerprint density at radius 1 is 0.415 bits per heavy atom. The van der Waals surface area contributed by atoms with E-state index in [1.807, 2.05) is 36.4 Å². The van der Waals surface area contributed by atoms with Crippen molar-refractivity contribution in [3.8, 4) is 57.5 Å². The summed E-state index contributed by atoms with van der Waals surface area (Å²) >= 11 is 0. The molecule has 65 heavy (non-hydrogen) atoms. The van der Waals surface area contributed by atoms with Gasteiger partial charge in [-0.2, -0.15) is 0 Å². The molecule has 360 valence electrons. The van der Waals surface area contributed by atoms with Crippen molar-refractivity contribution in [3.63, 3.8) is 0 Å². The molecule has 0 aliphatic carbocycles. The average molecular weight is 923 g/mol. The average Bonchev–Trinajstić information content (AvgIpc) is 3.31. The van der Waals surface area contributed by atoms with Gasteiger partial charge in [-0.05, 0) is 63.9 Å². The monoisotopic (exact) mass is 922 g/mol. The number of benzene rings is 4. The molecule has 0 unspecified atom stereocenters. The summed E-state index contributed by atoms with van der Waals surface area (Å²) in [6, 6.07) is 17.5. The van der Waals surface area contributed by atoms with Crippen molar-refractivity contribution in [1.82, 2.24) is 0 Å². The largest absolute Gasteiger partial charge is 0.872 e. The van der Waals surface area contributed by atoms with Gasteiger partial charge in [0.25, 0.3) is 14.7 Å². The molecule has 0 saturated carbocycles. The van der Waals surface area contributed by atoms with Crippen LogP contribution in [0.4, 0.5) is 0 Å². The maximum atomic E-state index is 10.7. The minimum atomic E-state index is -1.18. The number of carbonyl (C=O) groups is 1. The van der Waals surface area contributed by atoms with Crippen LogP contribution in [0.3, 0.4) is 0 Å². The van der Waals surface area contributed by atoms with E-state index in [1.165, 1.54) is 24.3 Å². The lowest BCUT2D eigenvalue weighted by atomic mass is 10.2. The van der Waals surface area contributed by atoms with Crippen LogP contribution in [0.5, 0.6) is 57.5 Å². The van der Waals surface area contributed by atoms with Gasteiger partial charge in [0.2, 0.25) is 0 Å². The van der Waals surface area contributed by atoms with Gasteiger partial charge in [-0.1, -0.05) is 86.3 Å². The first-order chi connectivity index (χ1) is 31.7. The van der Waals surface area contributed by atoms with E-state index < -0.39 is 22.6 Å². The number of aromatic carboxylic acids is 1. The van der Waals surface area contributed by atoms with Crippen molar-refractivity contribution in [1.29, 1.82) is 0 Å². The molecule has 0 saturated heterocycles. The van der Waals surface area contributed by atoms with Crippen LogP contribution in [-0.4, -0.2) is 70.5 Å². The molecule has 12 nitrogen and oxygen atoms in total. The lowest BCUT2D eigenvalue weighted by molar-refractivity contribution is -0.268. The third-order valence-corrected chi connectivity index (χ3v) is 11.3. The molecule has 0 aromatic heterocycles. The van der Waals surface area contributed by atoms with Crippen molar-refractivity contribution < 1.29 is 57.6 Å².